The van der Waals surface area contributed by atoms with E-state index in [9.17, 15) is 9.59 Å². The lowest BCUT2D eigenvalue weighted by Gasteiger charge is -2.18. The predicted octanol–water partition coefficient (Wildman–Crippen LogP) is 0.976. The Hall–Kier alpha value is -2.90. The van der Waals surface area contributed by atoms with Crippen LogP contribution in [0.4, 0.5) is 4.79 Å². The van der Waals surface area contributed by atoms with Gasteiger partial charge in [0, 0.05) is 26.6 Å². The smallest absolute Gasteiger partial charge is 0.315 e. The van der Waals surface area contributed by atoms with Gasteiger partial charge in [-0.25, -0.2) is 4.79 Å². The van der Waals surface area contributed by atoms with Gasteiger partial charge in [0.2, 0.25) is 5.91 Å². The minimum absolute atomic E-state index is 0.0514. The number of hydrogen-bond donors (Lipinski definition) is 2. The predicted molar refractivity (Wildman–Crippen MR) is 91.3 cm³/mol. The van der Waals surface area contributed by atoms with Crippen molar-refractivity contribution in [3.05, 3.63) is 48.0 Å². The summed E-state index contributed by atoms with van der Waals surface area (Å²) < 4.78 is 1.76. The summed E-state index contributed by atoms with van der Waals surface area (Å²) in [4.78, 5) is 26.1. The first-order chi connectivity index (χ1) is 12.0. The van der Waals surface area contributed by atoms with Crippen molar-refractivity contribution in [1.82, 2.24) is 30.3 Å². The number of carbonyl (C=O) groups is 2. The van der Waals surface area contributed by atoms with Crippen LogP contribution in [0.25, 0.3) is 0 Å². The lowest BCUT2D eigenvalue weighted by atomic mass is 10.2. The second-order valence-electron chi connectivity index (χ2n) is 6.30. The third-order valence-corrected chi connectivity index (χ3v) is 4.25. The molecular formula is C17H22N6O2. The van der Waals surface area contributed by atoms with Crippen LogP contribution in [0.1, 0.15) is 30.8 Å². The van der Waals surface area contributed by atoms with Crippen LogP contribution >= 0.6 is 0 Å². The average molecular weight is 342 g/mol. The largest absolute Gasteiger partial charge is 0.336 e. The van der Waals surface area contributed by atoms with Crippen molar-refractivity contribution < 1.29 is 9.59 Å². The molecule has 0 bridgehead atoms. The molecule has 3 rings (SSSR count). The normalized spacial score (nSPS) is 18.2. The number of likely N-dealkylation sites (tertiary alicyclic amines) is 1. The monoisotopic (exact) mass is 342 g/mol. The first-order valence-electron chi connectivity index (χ1n) is 8.25. The SMILES string of the molecule is C[C@@H](NC(=O)N[C@@H]1CC(=O)N(Cc2ccccc2)C1)c1nncn1C. The number of hydrogen-bond acceptors (Lipinski definition) is 4. The first kappa shape index (κ1) is 16.9. The summed E-state index contributed by atoms with van der Waals surface area (Å²) in [6.07, 6.45) is 1.90. The fourth-order valence-corrected chi connectivity index (χ4v) is 3.00. The highest BCUT2D eigenvalue weighted by molar-refractivity contribution is 5.81. The Balaban J connectivity index is 1.51. The zero-order chi connectivity index (χ0) is 17.8. The van der Waals surface area contributed by atoms with E-state index in [0.717, 1.165) is 5.56 Å². The fourth-order valence-electron chi connectivity index (χ4n) is 3.00. The molecule has 2 N–H and O–H groups in total. The average Bonchev–Trinajstić information content (AvgIpc) is 3.14. The Morgan fingerprint density at radius 2 is 2.12 bits per heavy atom. The van der Waals surface area contributed by atoms with Crippen LogP contribution in [0.2, 0.25) is 0 Å². The molecule has 1 aliphatic rings. The maximum Gasteiger partial charge on any atom is 0.315 e. The molecule has 2 aromatic rings. The summed E-state index contributed by atoms with van der Waals surface area (Å²) in [6, 6.07) is 9.05. The van der Waals surface area contributed by atoms with Gasteiger partial charge in [0.15, 0.2) is 5.82 Å². The Labute approximate surface area is 146 Å². The summed E-state index contributed by atoms with van der Waals surface area (Å²) in [7, 11) is 1.82. The Morgan fingerprint density at radius 1 is 1.36 bits per heavy atom. The minimum atomic E-state index is -0.310. The zero-order valence-electron chi connectivity index (χ0n) is 14.3. The molecule has 1 aromatic carbocycles. The number of aryl methyl sites for hydroxylation is 1. The maximum absolute atomic E-state index is 12.2. The van der Waals surface area contributed by atoms with Gasteiger partial charge >= 0.3 is 6.03 Å². The summed E-state index contributed by atoms with van der Waals surface area (Å²) in [6.45, 7) is 2.92. The molecule has 0 aliphatic carbocycles. The topological polar surface area (TPSA) is 92.2 Å². The molecule has 0 radical (unpaired) electrons. The molecule has 2 heterocycles. The number of rotatable bonds is 5. The number of aromatic nitrogens is 3. The number of amides is 3. The van der Waals surface area contributed by atoms with Crippen molar-refractivity contribution >= 4 is 11.9 Å². The van der Waals surface area contributed by atoms with Gasteiger partial charge in [0.1, 0.15) is 6.33 Å². The van der Waals surface area contributed by atoms with Gasteiger partial charge in [-0.1, -0.05) is 30.3 Å². The van der Waals surface area contributed by atoms with Crippen molar-refractivity contribution in [2.75, 3.05) is 6.54 Å². The van der Waals surface area contributed by atoms with E-state index in [-0.39, 0.29) is 24.0 Å². The van der Waals surface area contributed by atoms with Gasteiger partial charge in [-0.05, 0) is 12.5 Å². The highest BCUT2D eigenvalue weighted by atomic mass is 16.2. The molecule has 1 saturated heterocycles. The van der Waals surface area contributed by atoms with Crippen LogP contribution < -0.4 is 10.6 Å². The van der Waals surface area contributed by atoms with E-state index in [4.69, 9.17) is 0 Å². The van der Waals surface area contributed by atoms with E-state index in [1.807, 2.05) is 44.3 Å². The molecule has 8 heteroatoms. The van der Waals surface area contributed by atoms with Crippen molar-refractivity contribution in [1.29, 1.82) is 0 Å². The molecule has 3 amide bonds. The molecule has 0 spiro atoms. The summed E-state index contributed by atoms with van der Waals surface area (Å²) in [5, 5.41) is 13.5. The van der Waals surface area contributed by atoms with Gasteiger partial charge in [-0.15, -0.1) is 10.2 Å². The highest BCUT2D eigenvalue weighted by Crippen LogP contribution is 2.15. The molecule has 2 atom stereocenters. The summed E-state index contributed by atoms with van der Waals surface area (Å²) >= 11 is 0. The van der Waals surface area contributed by atoms with Gasteiger partial charge < -0.3 is 20.1 Å². The van der Waals surface area contributed by atoms with Gasteiger partial charge in [0.25, 0.3) is 0 Å². The molecule has 1 aliphatic heterocycles. The van der Waals surface area contributed by atoms with Crippen molar-refractivity contribution in [2.24, 2.45) is 7.05 Å². The van der Waals surface area contributed by atoms with Crippen LogP contribution in [-0.2, 0) is 18.4 Å². The minimum Gasteiger partial charge on any atom is -0.336 e. The second-order valence-corrected chi connectivity index (χ2v) is 6.30. The summed E-state index contributed by atoms with van der Waals surface area (Å²) in [5.41, 5.74) is 1.08. The lowest BCUT2D eigenvalue weighted by Crippen LogP contribution is -2.44. The lowest BCUT2D eigenvalue weighted by molar-refractivity contribution is -0.128. The zero-order valence-corrected chi connectivity index (χ0v) is 14.3. The van der Waals surface area contributed by atoms with Crippen LogP contribution in [0, 0.1) is 0 Å². The molecule has 25 heavy (non-hydrogen) atoms. The molecule has 132 valence electrons. The second kappa shape index (κ2) is 7.33. The standard InChI is InChI=1S/C17H22N6O2/c1-12(16-21-18-11-22(16)2)19-17(25)20-14-8-15(24)23(10-14)9-13-6-4-3-5-7-13/h3-7,11-12,14H,8-10H2,1-2H3,(H2,19,20,25)/t12-,14-/m1/s1. The van der Waals surface area contributed by atoms with Crippen molar-refractivity contribution in [3.8, 4) is 0 Å². The van der Waals surface area contributed by atoms with Crippen molar-refractivity contribution in [3.63, 3.8) is 0 Å². The highest BCUT2D eigenvalue weighted by Gasteiger charge is 2.30. The van der Waals surface area contributed by atoms with E-state index < -0.39 is 0 Å². The van der Waals surface area contributed by atoms with Crippen LogP contribution in [0.3, 0.4) is 0 Å². The molecule has 0 unspecified atom stereocenters. The Bertz CT molecular complexity index is 745. The van der Waals surface area contributed by atoms with Gasteiger partial charge in [0.05, 0.1) is 12.1 Å². The molecular weight excluding hydrogens is 320 g/mol. The third-order valence-electron chi connectivity index (χ3n) is 4.25. The quantitative estimate of drug-likeness (QED) is 0.847. The van der Waals surface area contributed by atoms with Gasteiger partial charge in [-0.2, -0.15) is 0 Å². The molecule has 8 nitrogen and oxygen atoms in total. The number of carbonyl (C=O) groups excluding carboxylic acids is 2. The van der Waals surface area contributed by atoms with Crippen LogP contribution in [-0.4, -0.2) is 44.2 Å². The Kier molecular flexibility index (Phi) is 4.97. The van der Waals surface area contributed by atoms with Crippen LogP contribution in [0.5, 0.6) is 0 Å². The van der Waals surface area contributed by atoms with Gasteiger partial charge in [-0.3, -0.25) is 4.79 Å². The summed E-state index contributed by atoms with van der Waals surface area (Å²) in [5.74, 6) is 0.721. The maximum atomic E-state index is 12.2. The molecule has 1 aromatic heterocycles. The van der Waals surface area contributed by atoms with E-state index in [0.29, 0.717) is 25.3 Å². The van der Waals surface area contributed by atoms with E-state index in [2.05, 4.69) is 20.8 Å². The Morgan fingerprint density at radius 3 is 2.80 bits per heavy atom. The molecule has 0 saturated carbocycles. The number of urea groups is 1. The van der Waals surface area contributed by atoms with E-state index >= 15 is 0 Å². The number of benzene rings is 1. The molecule has 1 fully saturated rings. The third kappa shape index (κ3) is 4.14. The van der Waals surface area contributed by atoms with Crippen LogP contribution in [0.15, 0.2) is 36.7 Å². The first-order valence-corrected chi connectivity index (χ1v) is 8.25. The number of nitrogens with one attached hydrogen (secondary N) is 2. The fraction of sp³-hybridized carbons (Fsp3) is 0.412. The van der Waals surface area contributed by atoms with Crippen molar-refractivity contribution in [2.45, 2.75) is 32.0 Å². The number of nitrogens with zero attached hydrogens (tertiary/aromatic N) is 4. The van der Waals surface area contributed by atoms with E-state index in [1.54, 1.807) is 15.8 Å². The van der Waals surface area contributed by atoms with E-state index in [1.165, 1.54) is 0 Å².